The Morgan fingerprint density at radius 1 is 0.938 bits per heavy atom. The maximum Gasteiger partial charge on any atom is 0.343 e. The van der Waals surface area contributed by atoms with Gasteiger partial charge in [0.15, 0.2) is 18.1 Å². The van der Waals surface area contributed by atoms with Crippen LogP contribution in [0.25, 0.3) is 0 Å². The third-order valence-corrected chi connectivity index (χ3v) is 4.24. The van der Waals surface area contributed by atoms with Gasteiger partial charge in [-0.25, -0.2) is 10.2 Å². The zero-order chi connectivity index (χ0) is 22.8. The number of hydrazone groups is 1. The first-order chi connectivity index (χ1) is 15.5. The summed E-state index contributed by atoms with van der Waals surface area (Å²) in [5, 5.41) is 3.94. The molecule has 1 amide bonds. The van der Waals surface area contributed by atoms with Crippen LogP contribution < -0.4 is 19.6 Å². The van der Waals surface area contributed by atoms with Gasteiger partial charge in [0.1, 0.15) is 5.75 Å². The molecule has 0 saturated heterocycles. The van der Waals surface area contributed by atoms with Crippen LogP contribution in [0.4, 0.5) is 0 Å². The van der Waals surface area contributed by atoms with Gasteiger partial charge in [0.05, 0.1) is 18.4 Å². The highest BCUT2D eigenvalue weighted by Crippen LogP contribution is 2.29. The lowest BCUT2D eigenvalue weighted by molar-refractivity contribution is -0.123. The number of benzene rings is 3. The van der Waals surface area contributed by atoms with E-state index in [0.717, 1.165) is 5.56 Å². The monoisotopic (exact) mass is 432 g/mol. The number of aryl methyl sites for hydroxylation is 1. The Kier molecular flexibility index (Phi) is 7.97. The summed E-state index contributed by atoms with van der Waals surface area (Å²) < 4.78 is 16.5. The number of hydrogen-bond acceptors (Lipinski definition) is 6. The van der Waals surface area contributed by atoms with Crippen molar-refractivity contribution in [3.63, 3.8) is 0 Å². The average Bonchev–Trinajstić information content (AvgIpc) is 2.80. The fourth-order valence-electron chi connectivity index (χ4n) is 2.76. The third-order valence-electron chi connectivity index (χ3n) is 4.24. The van der Waals surface area contributed by atoms with Gasteiger partial charge in [0.25, 0.3) is 5.91 Å². The number of carbonyl (C=O) groups excluding carboxylic acids is 2. The van der Waals surface area contributed by atoms with Crippen molar-refractivity contribution in [2.75, 3.05) is 13.2 Å². The molecule has 0 bridgehead atoms. The van der Waals surface area contributed by atoms with Gasteiger partial charge in [-0.2, -0.15) is 5.10 Å². The summed E-state index contributed by atoms with van der Waals surface area (Å²) in [6.45, 7) is 4.02. The molecule has 3 aromatic carbocycles. The number of ether oxygens (including phenoxy) is 3. The number of rotatable bonds is 9. The molecule has 164 valence electrons. The lowest BCUT2D eigenvalue weighted by Gasteiger charge is -2.11. The van der Waals surface area contributed by atoms with Gasteiger partial charge in [-0.15, -0.1) is 0 Å². The molecule has 3 rings (SSSR count). The Bertz CT molecular complexity index is 1100. The predicted molar refractivity (Wildman–Crippen MR) is 121 cm³/mol. The first-order valence-corrected chi connectivity index (χ1v) is 10.1. The van der Waals surface area contributed by atoms with E-state index in [0.29, 0.717) is 35.0 Å². The molecule has 0 heterocycles. The first kappa shape index (κ1) is 22.6. The van der Waals surface area contributed by atoms with Crippen LogP contribution in [-0.4, -0.2) is 31.3 Å². The van der Waals surface area contributed by atoms with Crippen LogP contribution in [-0.2, 0) is 4.79 Å². The van der Waals surface area contributed by atoms with Crippen molar-refractivity contribution in [1.29, 1.82) is 0 Å². The Morgan fingerprint density at radius 2 is 1.75 bits per heavy atom. The Balaban J connectivity index is 1.58. The molecule has 0 fully saturated rings. The highest BCUT2D eigenvalue weighted by molar-refractivity contribution is 5.91. The van der Waals surface area contributed by atoms with Crippen molar-refractivity contribution >= 4 is 18.1 Å². The van der Waals surface area contributed by atoms with Gasteiger partial charge in [0, 0.05) is 0 Å². The van der Waals surface area contributed by atoms with E-state index in [1.807, 2.05) is 38.1 Å². The second kappa shape index (κ2) is 11.3. The third kappa shape index (κ3) is 6.70. The van der Waals surface area contributed by atoms with Crippen molar-refractivity contribution in [1.82, 2.24) is 5.43 Å². The standard InChI is InChI=1S/C25H24N2O5/c1-3-30-23-15-19(12-13-22(23)32-25(29)20-9-5-4-6-10-20)16-26-27-24(28)17-31-21-11-7-8-18(2)14-21/h4-16H,3,17H2,1-2H3,(H,27,28). The van der Waals surface area contributed by atoms with Crippen LogP contribution in [0, 0.1) is 6.92 Å². The van der Waals surface area contributed by atoms with E-state index in [2.05, 4.69) is 10.5 Å². The predicted octanol–water partition coefficient (Wildman–Crippen LogP) is 4.14. The molecule has 0 spiro atoms. The van der Waals surface area contributed by atoms with E-state index in [1.165, 1.54) is 6.21 Å². The molecule has 0 radical (unpaired) electrons. The molecular formula is C25H24N2O5. The molecule has 0 saturated carbocycles. The molecule has 0 aliphatic rings. The highest BCUT2D eigenvalue weighted by atomic mass is 16.6. The summed E-state index contributed by atoms with van der Waals surface area (Å²) in [5.74, 6) is 0.449. The number of amides is 1. The van der Waals surface area contributed by atoms with Crippen LogP contribution >= 0.6 is 0 Å². The Morgan fingerprint density at radius 3 is 2.50 bits per heavy atom. The SMILES string of the molecule is CCOc1cc(C=NNC(=O)COc2cccc(C)c2)ccc1OC(=O)c1ccccc1. The van der Waals surface area contributed by atoms with Gasteiger partial charge in [-0.05, 0) is 67.4 Å². The number of esters is 1. The average molecular weight is 432 g/mol. The van der Waals surface area contributed by atoms with Gasteiger partial charge < -0.3 is 14.2 Å². The molecule has 3 aromatic rings. The van der Waals surface area contributed by atoms with Crippen LogP contribution in [0.2, 0.25) is 0 Å². The lowest BCUT2D eigenvalue weighted by Crippen LogP contribution is -2.24. The van der Waals surface area contributed by atoms with E-state index in [1.54, 1.807) is 48.5 Å². The molecule has 0 atom stereocenters. The second-order valence-electron chi connectivity index (χ2n) is 6.79. The summed E-state index contributed by atoms with van der Waals surface area (Å²) in [7, 11) is 0. The zero-order valence-corrected chi connectivity index (χ0v) is 17.9. The smallest absolute Gasteiger partial charge is 0.343 e. The highest BCUT2D eigenvalue weighted by Gasteiger charge is 2.13. The molecule has 0 unspecified atom stereocenters. The number of carbonyl (C=O) groups is 2. The molecule has 0 aromatic heterocycles. The van der Waals surface area contributed by atoms with Gasteiger partial charge >= 0.3 is 5.97 Å². The summed E-state index contributed by atoms with van der Waals surface area (Å²) in [4.78, 5) is 24.3. The molecule has 0 aliphatic carbocycles. The zero-order valence-electron chi connectivity index (χ0n) is 17.9. The lowest BCUT2D eigenvalue weighted by atomic mass is 10.2. The first-order valence-electron chi connectivity index (χ1n) is 10.1. The normalized spacial score (nSPS) is 10.6. The Labute approximate surface area is 186 Å². The molecule has 32 heavy (non-hydrogen) atoms. The maximum atomic E-state index is 12.3. The largest absolute Gasteiger partial charge is 0.490 e. The number of nitrogens with one attached hydrogen (secondary N) is 1. The van der Waals surface area contributed by atoms with E-state index in [9.17, 15) is 9.59 Å². The van der Waals surface area contributed by atoms with E-state index in [4.69, 9.17) is 14.2 Å². The van der Waals surface area contributed by atoms with E-state index < -0.39 is 5.97 Å². The van der Waals surface area contributed by atoms with Gasteiger partial charge in [-0.1, -0.05) is 30.3 Å². The van der Waals surface area contributed by atoms with Crippen molar-refractivity contribution in [2.45, 2.75) is 13.8 Å². The van der Waals surface area contributed by atoms with Gasteiger partial charge in [-0.3, -0.25) is 4.79 Å². The van der Waals surface area contributed by atoms with Crippen LogP contribution in [0.15, 0.2) is 77.9 Å². The van der Waals surface area contributed by atoms with Crippen LogP contribution in [0.5, 0.6) is 17.2 Å². The molecule has 7 nitrogen and oxygen atoms in total. The topological polar surface area (TPSA) is 86.2 Å². The van der Waals surface area contributed by atoms with Crippen LogP contribution in [0.3, 0.4) is 0 Å². The van der Waals surface area contributed by atoms with Crippen LogP contribution in [0.1, 0.15) is 28.4 Å². The number of hydrogen-bond donors (Lipinski definition) is 1. The number of nitrogens with zero attached hydrogens (tertiary/aromatic N) is 1. The summed E-state index contributed by atoms with van der Waals surface area (Å²) in [6.07, 6.45) is 1.47. The summed E-state index contributed by atoms with van der Waals surface area (Å²) >= 11 is 0. The minimum atomic E-state index is -0.478. The van der Waals surface area contributed by atoms with Crippen molar-refractivity contribution in [2.24, 2.45) is 5.10 Å². The minimum absolute atomic E-state index is 0.153. The molecular weight excluding hydrogens is 408 g/mol. The minimum Gasteiger partial charge on any atom is -0.490 e. The molecule has 7 heteroatoms. The molecule has 0 aliphatic heterocycles. The fraction of sp³-hybridized carbons (Fsp3) is 0.160. The van der Waals surface area contributed by atoms with Gasteiger partial charge in [0.2, 0.25) is 0 Å². The summed E-state index contributed by atoms with van der Waals surface area (Å²) in [5.41, 5.74) is 4.56. The van der Waals surface area contributed by atoms with E-state index >= 15 is 0 Å². The fourth-order valence-corrected chi connectivity index (χ4v) is 2.76. The van der Waals surface area contributed by atoms with Crippen molar-refractivity contribution in [3.8, 4) is 17.2 Å². The second-order valence-corrected chi connectivity index (χ2v) is 6.79. The Hall–Kier alpha value is -4.13. The maximum absolute atomic E-state index is 12.3. The molecule has 1 N–H and O–H groups in total. The van der Waals surface area contributed by atoms with E-state index in [-0.39, 0.29) is 12.5 Å². The quantitative estimate of drug-likeness (QED) is 0.238. The van der Waals surface area contributed by atoms with Crippen molar-refractivity contribution in [3.05, 3.63) is 89.5 Å². The van der Waals surface area contributed by atoms with Crippen molar-refractivity contribution < 1.29 is 23.8 Å². The summed E-state index contributed by atoms with van der Waals surface area (Å²) in [6, 6.07) is 21.1.